The normalized spacial score (nSPS) is 13.2. The highest BCUT2D eigenvalue weighted by Gasteiger charge is 2.22. The van der Waals surface area contributed by atoms with Crippen molar-refractivity contribution in [3.8, 4) is 22.8 Å². The summed E-state index contributed by atoms with van der Waals surface area (Å²) in [6, 6.07) is 17.1. The van der Waals surface area contributed by atoms with Gasteiger partial charge in [-0.1, -0.05) is 48.5 Å². The number of benzene rings is 3. The Morgan fingerprint density at radius 2 is 1.94 bits per heavy atom. The first-order valence-corrected chi connectivity index (χ1v) is 11.0. The standard InChI is InChI=1S/C24H18N4O4S/c1-2-10-25-24-27(21(14-33-24)19-9-5-7-16-6-3-4-8-18(16)19)26-13-17-11-22-23(32-15-31-22)12-20(17)28(29)30/h2-9,11-14H,1,10,15H2. The van der Waals surface area contributed by atoms with E-state index in [1.54, 1.807) is 16.8 Å². The van der Waals surface area contributed by atoms with Crippen molar-refractivity contribution < 1.29 is 14.4 Å². The summed E-state index contributed by atoms with van der Waals surface area (Å²) in [6.45, 7) is 4.19. The fraction of sp³-hybridized carbons (Fsp3) is 0.0833. The molecule has 8 nitrogen and oxygen atoms in total. The maximum Gasteiger partial charge on any atom is 0.282 e. The van der Waals surface area contributed by atoms with Crippen LogP contribution in [0.3, 0.4) is 0 Å². The van der Waals surface area contributed by atoms with Gasteiger partial charge in [0.1, 0.15) is 0 Å². The SMILES string of the molecule is C=CCN=c1scc(-c2cccc3ccccc23)n1N=Cc1cc2c(cc1[N+](=O)[O-])OCO2. The highest BCUT2D eigenvalue weighted by atomic mass is 32.1. The molecule has 0 bridgehead atoms. The lowest BCUT2D eigenvalue weighted by Gasteiger charge is -2.08. The Balaban J connectivity index is 1.67. The lowest BCUT2D eigenvalue weighted by Crippen LogP contribution is -2.12. The van der Waals surface area contributed by atoms with Crippen molar-refractivity contribution in [3.63, 3.8) is 0 Å². The first-order chi connectivity index (χ1) is 16.2. The first-order valence-electron chi connectivity index (χ1n) is 10.1. The van der Waals surface area contributed by atoms with E-state index in [1.165, 1.54) is 23.6 Å². The van der Waals surface area contributed by atoms with Crippen LogP contribution in [0.25, 0.3) is 22.0 Å². The molecule has 0 aliphatic carbocycles. The Kier molecular flexibility index (Phi) is 5.45. The van der Waals surface area contributed by atoms with Crippen LogP contribution in [0.5, 0.6) is 11.5 Å². The molecule has 0 spiro atoms. The molecule has 33 heavy (non-hydrogen) atoms. The molecule has 1 aromatic heterocycles. The fourth-order valence-corrected chi connectivity index (χ4v) is 4.46. The number of aromatic nitrogens is 1. The summed E-state index contributed by atoms with van der Waals surface area (Å²) >= 11 is 1.44. The van der Waals surface area contributed by atoms with Gasteiger partial charge in [0.05, 0.1) is 35.0 Å². The van der Waals surface area contributed by atoms with Crippen LogP contribution < -0.4 is 14.3 Å². The number of fused-ring (bicyclic) bond motifs is 2. The van der Waals surface area contributed by atoms with Gasteiger partial charge in [-0.05, 0) is 16.8 Å². The third-order valence-corrected chi connectivity index (χ3v) is 5.99. The third kappa shape index (κ3) is 3.90. The molecule has 0 saturated carbocycles. The molecule has 0 fully saturated rings. The van der Waals surface area contributed by atoms with Crippen molar-refractivity contribution in [3.05, 3.63) is 93.1 Å². The van der Waals surface area contributed by atoms with Crippen LogP contribution in [0.2, 0.25) is 0 Å². The van der Waals surface area contributed by atoms with Crippen LogP contribution in [0.15, 0.2) is 82.7 Å². The minimum absolute atomic E-state index is 0.0299. The second kappa shape index (κ2) is 8.71. The molecule has 3 aromatic carbocycles. The largest absolute Gasteiger partial charge is 0.454 e. The summed E-state index contributed by atoms with van der Waals surface area (Å²) < 4.78 is 12.4. The maximum atomic E-state index is 11.6. The van der Waals surface area contributed by atoms with Gasteiger partial charge in [-0.2, -0.15) is 5.10 Å². The minimum Gasteiger partial charge on any atom is -0.454 e. The average Bonchev–Trinajstić information content (AvgIpc) is 3.46. The van der Waals surface area contributed by atoms with Crippen molar-refractivity contribution >= 4 is 34.0 Å². The number of rotatable bonds is 6. The Labute approximate surface area is 192 Å². The van der Waals surface area contributed by atoms with Gasteiger partial charge in [0, 0.05) is 10.9 Å². The van der Waals surface area contributed by atoms with Gasteiger partial charge in [-0.15, -0.1) is 17.9 Å². The van der Waals surface area contributed by atoms with E-state index in [2.05, 4.69) is 34.9 Å². The quantitative estimate of drug-likeness (QED) is 0.176. The molecule has 5 rings (SSSR count). The molecule has 4 aromatic rings. The molecule has 0 unspecified atom stereocenters. The molecule has 164 valence electrons. The van der Waals surface area contributed by atoms with Crippen molar-refractivity contribution in [1.82, 2.24) is 4.68 Å². The zero-order valence-electron chi connectivity index (χ0n) is 17.4. The van der Waals surface area contributed by atoms with Crippen molar-refractivity contribution in [2.45, 2.75) is 0 Å². The summed E-state index contributed by atoms with van der Waals surface area (Å²) in [5.41, 5.74) is 2.01. The highest BCUT2D eigenvalue weighted by Crippen LogP contribution is 2.37. The average molecular weight is 458 g/mol. The van der Waals surface area contributed by atoms with E-state index in [-0.39, 0.29) is 12.5 Å². The molecule has 0 amide bonds. The molecule has 0 atom stereocenters. The van der Waals surface area contributed by atoms with Crippen LogP contribution >= 0.6 is 11.3 Å². The van der Waals surface area contributed by atoms with Crippen molar-refractivity contribution in [2.24, 2.45) is 10.1 Å². The van der Waals surface area contributed by atoms with Gasteiger partial charge < -0.3 is 9.47 Å². The topological polar surface area (TPSA) is 91.2 Å². The van der Waals surface area contributed by atoms with Crippen LogP contribution in [-0.2, 0) is 0 Å². The number of nitro benzene ring substituents is 1. The Hall–Kier alpha value is -4.24. The van der Waals surface area contributed by atoms with Gasteiger partial charge in [0.2, 0.25) is 11.6 Å². The van der Waals surface area contributed by atoms with Crippen LogP contribution in [0.4, 0.5) is 5.69 Å². The second-order valence-corrected chi connectivity index (χ2v) is 7.97. The molecule has 2 heterocycles. The van der Waals surface area contributed by atoms with E-state index in [0.29, 0.717) is 28.4 Å². The number of nitro groups is 1. The van der Waals surface area contributed by atoms with Crippen LogP contribution in [0.1, 0.15) is 5.56 Å². The van der Waals surface area contributed by atoms with Gasteiger partial charge in [0.25, 0.3) is 5.69 Å². The maximum absolute atomic E-state index is 11.6. The van der Waals surface area contributed by atoms with Crippen molar-refractivity contribution in [2.75, 3.05) is 13.3 Å². The van der Waals surface area contributed by atoms with E-state index in [1.807, 2.05) is 29.6 Å². The molecule has 1 aliphatic heterocycles. The highest BCUT2D eigenvalue weighted by molar-refractivity contribution is 7.07. The summed E-state index contributed by atoms with van der Waals surface area (Å²) in [6.07, 6.45) is 3.16. The molecule has 0 N–H and O–H groups in total. The van der Waals surface area contributed by atoms with E-state index in [4.69, 9.17) is 9.47 Å². The molecular formula is C24H18N4O4S. The van der Waals surface area contributed by atoms with E-state index >= 15 is 0 Å². The van der Waals surface area contributed by atoms with Crippen molar-refractivity contribution in [1.29, 1.82) is 0 Å². The second-order valence-electron chi connectivity index (χ2n) is 7.14. The molecule has 0 saturated heterocycles. The number of hydrogen-bond donors (Lipinski definition) is 0. The summed E-state index contributed by atoms with van der Waals surface area (Å²) in [7, 11) is 0. The molecular weight excluding hydrogens is 440 g/mol. The predicted molar refractivity (Wildman–Crippen MR) is 128 cm³/mol. The monoisotopic (exact) mass is 458 g/mol. The number of nitrogens with zero attached hydrogens (tertiary/aromatic N) is 4. The van der Waals surface area contributed by atoms with E-state index < -0.39 is 4.92 Å². The number of thiazole rings is 1. The summed E-state index contributed by atoms with van der Waals surface area (Å²) in [4.78, 5) is 16.4. The number of ether oxygens (including phenoxy) is 2. The Morgan fingerprint density at radius 3 is 2.76 bits per heavy atom. The zero-order valence-corrected chi connectivity index (χ0v) is 18.2. The van der Waals surface area contributed by atoms with Gasteiger partial charge in [-0.25, -0.2) is 4.68 Å². The molecule has 1 aliphatic rings. The smallest absolute Gasteiger partial charge is 0.282 e. The third-order valence-electron chi connectivity index (χ3n) is 5.14. The Morgan fingerprint density at radius 1 is 1.15 bits per heavy atom. The molecule has 0 radical (unpaired) electrons. The molecule has 9 heteroatoms. The first kappa shape index (κ1) is 20.7. The minimum atomic E-state index is -0.462. The summed E-state index contributed by atoms with van der Waals surface area (Å²) in [5, 5.41) is 20.4. The fourth-order valence-electron chi connectivity index (χ4n) is 3.62. The van der Waals surface area contributed by atoms with Gasteiger partial charge >= 0.3 is 0 Å². The lowest BCUT2D eigenvalue weighted by molar-refractivity contribution is -0.385. The van der Waals surface area contributed by atoms with Crippen LogP contribution in [0, 0.1) is 10.1 Å². The van der Waals surface area contributed by atoms with Gasteiger partial charge in [-0.3, -0.25) is 15.1 Å². The summed E-state index contributed by atoms with van der Waals surface area (Å²) in [5.74, 6) is 0.795. The lowest BCUT2D eigenvalue weighted by atomic mass is 10.0. The van der Waals surface area contributed by atoms with E-state index in [9.17, 15) is 10.1 Å². The van der Waals surface area contributed by atoms with Crippen LogP contribution in [-0.4, -0.2) is 29.2 Å². The predicted octanol–water partition coefficient (Wildman–Crippen LogP) is 4.98. The Bertz CT molecular complexity index is 1480. The van der Waals surface area contributed by atoms with E-state index in [0.717, 1.165) is 22.0 Å². The zero-order chi connectivity index (χ0) is 22.8. The number of hydrogen-bond acceptors (Lipinski definition) is 7. The van der Waals surface area contributed by atoms with Gasteiger partial charge in [0.15, 0.2) is 11.5 Å².